The highest BCUT2D eigenvalue weighted by molar-refractivity contribution is 6.03. The fourth-order valence-corrected chi connectivity index (χ4v) is 3.80. The summed E-state index contributed by atoms with van der Waals surface area (Å²) in [4.78, 5) is 27.5. The number of urea groups is 1. The number of nitrogens with zero attached hydrogens (tertiary/aromatic N) is 3. The number of aryl methyl sites for hydroxylation is 2. The first-order valence-corrected chi connectivity index (χ1v) is 11.5. The first-order chi connectivity index (χ1) is 15.9. The highest BCUT2D eigenvalue weighted by Crippen LogP contribution is 2.33. The van der Waals surface area contributed by atoms with Crippen LogP contribution in [-0.4, -0.2) is 60.9 Å². The third kappa shape index (κ3) is 6.20. The number of hydrogen-bond donors (Lipinski definition) is 1. The lowest BCUT2D eigenvalue weighted by atomic mass is 9.96. The van der Waals surface area contributed by atoms with Gasteiger partial charge in [0, 0.05) is 26.6 Å². The minimum Gasteiger partial charge on any atom is -0.383 e. The summed E-state index contributed by atoms with van der Waals surface area (Å²) < 4.78 is 5.15. The molecule has 7 nitrogen and oxygen atoms in total. The van der Waals surface area contributed by atoms with Crippen LogP contribution in [0.4, 0.5) is 4.79 Å². The number of carbonyl (C=O) groups is 2. The molecule has 1 aliphatic rings. The van der Waals surface area contributed by atoms with Gasteiger partial charge in [0.15, 0.2) is 0 Å². The van der Waals surface area contributed by atoms with Gasteiger partial charge in [0.1, 0.15) is 6.54 Å². The van der Waals surface area contributed by atoms with Crippen molar-refractivity contribution in [1.82, 2.24) is 15.2 Å². The molecule has 2 aromatic rings. The first-order valence-electron chi connectivity index (χ1n) is 11.5. The van der Waals surface area contributed by atoms with Gasteiger partial charge in [-0.2, -0.15) is 5.10 Å². The molecule has 0 fully saturated rings. The van der Waals surface area contributed by atoms with Crippen LogP contribution in [-0.2, 0) is 9.53 Å². The van der Waals surface area contributed by atoms with Gasteiger partial charge in [-0.25, -0.2) is 9.80 Å². The molecule has 1 N–H and O–H groups in total. The van der Waals surface area contributed by atoms with Gasteiger partial charge < -0.3 is 15.0 Å². The lowest BCUT2D eigenvalue weighted by molar-refractivity contribution is -0.133. The van der Waals surface area contributed by atoms with Crippen LogP contribution in [0.3, 0.4) is 0 Å². The Morgan fingerprint density at radius 2 is 1.91 bits per heavy atom. The second kappa shape index (κ2) is 11.6. The van der Waals surface area contributed by atoms with Gasteiger partial charge in [-0.1, -0.05) is 49.4 Å². The average molecular weight is 451 g/mol. The van der Waals surface area contributed by atoms with Crippen LogP contribution in [0.25, 0.3) is 0 Å². The summed E-state index contributed by atoms with van der Waals surface area (Å²) in [5, 5.41) is 9.15. The predicted molar refractivity (Wildman–Crippen MR) is 130 cm³/mol. The van der Waals surface area contributed by atoms with Crippen LogP contribution < -0.4 is 5.32 Å². The van der Waals surface area contributed by atoms with Crippen LogP contribution in [0, 0.1) is 13.8 Å². The molecule has 33 heavy (non-hydrogen) atoms. The Morgan fingerprint density at radius 3 is 2.58 bits per heavy atom. The summed E-state index contributed by atoms with van der Waals surface area (Å²) in [6.45, 7) is 7.32. The van der Waals surface area contributed by atoms with Crippen molar-refractivity contribution in [2.24, 2.45) is 5.10 Å². The minimum atomic E-state index is -0.268. The molecular weight excluding hydrogens is 416 g/mol. The van der Waals surface area contributed by atoms with Gasteiger partial charge in [0.05, 0.1) is 18.4 Å². The molecule has 1 aliphatic heterocycles. The largest absolute Gasteiger partial charge is 0.383 e. The molecule has 3 rings (SSSR count). The molecule has 1 atom stereocenters. The molecule has 0 aromatic heterocycles. The number of rotatable bonds is 9. The molecule has 0 saturated heterocycles. The van der Waals surface area contributed by atoms with Crippen molar-refractivity contribution in [2.45, 2.75) is 39.7 Å². The molecule has 0 saturated carbocycles. The van der Waals surface area contributed by atoms with Crippen molar-refractivity contribution in [3.63, 3.8) is 0 Å². The van der Waals surface area contributed by atoms with Crippen LogP contribution in [0.1, 0.15) is 48.1 Å². The van der Waals surface area contributed by atoms with Crippen molar-refractivity contribution in [3.8, 4) is 0 Å². The molecule has 0 radical (unpaired) electrons. The fourth-order valence-electron chi connectivity index (χ4n) is 3.80. The molecule has 0 aliphatic carbocycles. The molecule has 0 unspecified atom stereocenters. The topological polar surface area (TPSA) is 74.2 Å². The first kappa shape index (κ1) is 24.5. The number of amides is 3. The lowest BCUT2D eigenvalue weighted by Gasteiger charge is -2.27. The Kier molecular flexibility index (Phi) is 8.60. The van der Waals surface area contributed by atoms with E-state index in [9.17, 15) is 9.59 Å². The zero-order valence-corrected chi connectivity index (χ0v) is 20.0. The standard InChI is InChI=1S/C26H34N4O3/c1-5-13-27-26(32)29(14-15-33-4)18-25(31)30-24(21-9-7-6-8-10-21)17-23(28-30)22-12-11-19(2)20(3)16-22/h6-12,16,24H,5,13-15,17-18H2,1-4H3,(H,27,32)/t24-/m0/s1. The number of carbonyl (C=O) groups excluding carboxylic acids is 2. The monoisotopic (exact) mass is 450 g/mol. The maximum atomic E-state index is 13.4. The van der Waals surface area contributed by atoms with Gasteiger partial charge in [-0.3, -0.25) is 4.79 Å². The third-order valence-corrected chi connectivity index (χ3v) is 5.90. The van der Waals surface area contributed by atoms with Gasteiger partial charge >= 0.3 is 6.03 Å². The zero-order chi connectivity index (χ0) is 23.8. The number of hydrazone groups is 1. The van der Waals surface area contributed by atoms with E-state index in [1.165, 1.54) is 16.0 Å². The summed E-state index contributed by atoms with van der Waals surface area (Å²) >= 11 is 0. The Balaban J connectivity index is 1.87. The Labute approximate surface area is 196 Å². The Morgan fingerprint density at radius 1 is 1.15 bits per heavy atom. The lowest BCUT2D eigenvalue weighted by Crippen LogP contribution is -2.47. The maximum Gasteiger partial charge on any atom is 0.317 e. The van der Waals surface area contributed by atoms with Gasteiger partial charge in [0.2, 0.25) is 0 Å². The summed E-state index contributed by atoms with van der Waals surface area (Å²) in [5.74, 6) is -0.217. The van der Waals surface area contributed by atoms with Crippen LogP contribution >= 0.6 is 0 Å². The summed E-state index contributed by atoms with van der Waals surface area (Å²) in [5.41, 5.74) is 5.32. The number of benzene rings is 2. The Bertz CT molecular complexity index is 990. The van der Waals surface area contributed by atoms with Crippen LogP contribution in [0.15, 0.2) is 53.6 Å². The van der Waals surface area contributed by atoms with Crippen molar-refractivity contribution < 1.29 is 14.3 Å². The van der Waals surface area contributed by atoms with E-state index < -0.39 is 0 Å². The molecule has 1 heterocycles. The highest BCUT2D eigenvalue weighted by atomic mass is 16.5. The fraction of sp³-hybridized carbons (Fsp3) is 0.423. The summed E-state index contributed by atoms with van der Waals surface area (Å²) in [6, 6.07) is 15.7. The van der Waals surface area contributed by atoms with Crippen LogP contribution in [0.2, 0.25) is 0 Å². The van der Waals surface area contributed by atoms with E-state index in [-0.39, 0.29) is 24.5 Å². The number of ether oxygens (including phenoxy) is 1. The number of nitrogens with one attached hydrogen (secondary N) is 1. The molecular formula is C26H34N4O3. The highest BCUT2D eigenvalue weighted by Gasteiger charge is 2.34. The van der Waals surface area contributed by atoms with Gasteiger partial charge in [-0.15, -0.1) is 0 Å². The van der Waals surface area contributed by atoms with E-state index in [0.29, 0.717) is 26.1 Å². The molecule has 7 heteroatoms. The van der Waals surface area contributed by atoms with Gasteiger partial charge in [-0.05, 0) is 48.6 Å². The van der Waals surface area contributed by atoms with E-state index in [2.05, 4.69) is 37.4 Å². The Hall–Kier alpha value is -3.19. The average Bonchev–Trinajstić information content (AvgIpc) is 3.28. The van der Waals surface area contributed by atoms with E-state index in [0.717, 1.165) is 23.3 Å². The van der Waals surface area contributed by atoms with E-state index >= 15 is 0 Å². The molecule has 0 spiro atoms. The summed E-state index contributed by atoms with van der Waals surface area (Å²) in [6.07, 6.45) is 1.45. The maximum absolute atomic E-state index is 13.4. The van der Waals surface area contributed by atoms with E-state index in [1.54, 1.807) is 12.1 Å². The molecule has 3 amide bonds. The van der Waals surface area contributed by atoms with Crippen molar-refractivity contribution in [1.29, 1.82) is 0 Å². The quantitative estimate of drug-likeness (QED) is 0.626. The molecule has 176 valence electrons. The second-order valence-electron chi connectivity index (χ2n) is 8.36. The van der Waals surface area contributed by atoms with Gasteiger partial charge in [0.25, 0.3) is 5.91 Å². The smallest absolute Gasteiger partial charge is 0.317 e. The normalized spacial score (nSPS) is 15.3. The van der Waals surface area contributed by atoms with Crippen molar-refractivity contribution >= 4 is 17.6 Å². The van der Waals surface area contributed by atoms with E-state index in [4.69, 9.17) is 9.84 Å². The number of hydrogen-bond acceptors (Lipinski definition) is 4. The second-order valence-corrected chi connectivity index (χ2v) is 8.36. The van der Waals surface area contributed by atoms with Crippen LogP contribution in [0.5, 0.6) is 0 Å². The van der Waals surface area contributed by atoms with E-state index in [1.807, 2.05) is 37.3 Å². The minimum absolute atomic E-state index is 0.0635. The zero-order valence-electron chi connectivity index (χ0n) is 20.0. The third-order valence-electron chi connectivity index (χ3n) is 5.90. The molecule has 2 aromatic carbocycles. The predicted octanol–water partition coefficient (Wildman–Crippen LogP) is 4.05. The van der Waals surface area contributed by atoms with Crippen molar-refractivity contribution in [2.75, 3.05) is 33.4 Å². The number of methoxy groups -OCH3 is 1. The van der Waals surface area contributed by atoms with Crippen molar-refractivity contribution in [3.05, 3.63) is 70.8 Å². The molecule has 0 bridgehead atoms. The summed E-state index contributed by atoms with van der Waals surface area (Å²) in [7, 11) is 1.58. The SMILES string of the molecule is CCCNC(=O)N(CCOC)CC(=O)N1N=C(c2ccc(C)c(C)c2)C[C@H]1c1ccccc1.